The smallest absolute Gasteiger partial charge is 0.262 e. The molecule has 1 aromatic rings. The lowest BCUT2D eigenvalue weighted by molar-refractivity contribution is -0.178. The molecule has 0 aromatic heterocycles. The number of amides is 4. The molecule has 0 aliphatic carbocycles. The molecule has 2 aliphatic rings. The van der Waals surface area contributed by atoms with Gasteiger partial charge in [0.15, 0.2) is 5.75 Å². The van der Waals surface area contributed by atoms with Gasteiger partial charge in [-0.05, 0) is 24.6 Å². The van der Waals surface area contributed by atoms with Gasteiger partial charge in [-0.1, -0.05) is 0 Å². The molecule has 0 bridgehead atoms. The number of carbonyl (C=O) groups is 4. The van der Waals surface area contributed by atoms with Crippen molar-refractivity contribution in [1.29, 1.82) is 0 Å². The third-order valence-electron chi connectivity index (χ3n) is 3.59. The molecule has 1 unspecified atom stereocenters. The molecule has 22 heavy (non-hydrogen) atoms. The minimum absolute atomic E-state index is 0.0852. The van der Waals surface area contributed by atoms with E-state index >= 15 is 0 Å². The number of rotatable bonds is 3. The van der Waals surface area contributed by atoms with Gasteiger partial charge in [0.1, 0.15) is 6.04 Å². The Morgan fingerprint density at radius 1 is 1.14 bits per heavy atom. The second-order valence-corrected chi connectivity index (χ2v) is 4.90. The van der Waals surface area contributed by atoms with Crippen LogP contribution < -0.4 is 10.2 Å². The highest BCUT2D eigenvalue weighted by molar-refractivity contribution is 6.23. The second kappa shape index (κ2) is 5.23. The summed E-state index contributed by atoms with van der Waals surface area (Å²) in [5, 5.41) is 2.14. The standard InChI is InChI=1S/C14H12N2O6/c1-21-22-7-2-3-8-9(6-7)14(20)16(13(8)19)10-4-5-11(17)15-12(10)18/h2-3,6,10H,4-5H2,1H3,(H,15,17,18). The van der Waals surface area contributed by atoms with Crippen LogP contribution in [0.1, 0.15) is 33.6 Å². The van der Waals surface area contributed by atoms with Crippen molar-refractivity contribution in [2.24, 2.45) is 0 Å². The van der Waals surface area contributed by atoms with Crippen LogP contribution in [0, 0.1) is 0 Å². The zero-order chi connectivity index (χ0) is 15.9. The predicted molar refractivity (Wildman–Crippen MR) is 70.8 cm³/mol. The number of piperidine rings is 1. The molecule has 0 saturated carbocycles. The van der Waals surface area contributed by atoms with Crippen LogP contribution in [0.15, 0.2) is 18.2 Å². The summed E-state index contributed by atoms with van der Waals surface area (Å²) in [4.78, 5) is 58.1. The summed E-state index contributed by atoms with van der Waals surface area (Å²) in [5.41, 5.74) is 0.336. The maximum atomic E-state index is 12.4. The third-order valence-corrected chi connectivity index (χ3v) is 3.59. The van der Waals surface area contributed by atoms with Crippen molar-refractivity contribution in [3.8, 4) is 5.75 Å². The average Bonchev–Trinajstić information content (AvgIpc) is 2.72. The lowest BCUT2D eigenvalue weighted by atomic mass is 10.0. The van der Waals surface area contributed by atoms with Crippen molar-refractivity contribution in [2.75, 3.05) is 7.11 Å². The topological polar surface area (TPSA) is 102 Å². The molecule has 114 valence electrons. The van der Waals surface area contributed by atoms with E-state index in [1.807, 2.05) is 0 Å². The molecule has 3 rings (SSSR count). The first-order chi connectivity index (χ1) is 10.5. The number of hydrogen-bond donors (Lipinski definition) is 1. The van der Waals surface area contributed by atoms with E-state index in [4.69, 9.17) is 4.89 Å². The summed E-state index contributed by atoms with van der Waals surface area (Å²) in [6.07, 6.45) is 0.208. The number of carbonyl (C=O) groups excluding carboxylic acids is 4. The number of nitrogens with one attached hydrogen (secondary N) is 1. The molecule has 1 N–H and O–H groups in total. The minimum atomic E-state index is -0.975. The molecular weight excluding hydrogens is 292 g/mol. The molecule has 0 spiro atoms. The highest BCUT2D eigenvalue weighted by Gasteiger charge is 2.44. The maximum Gasteiger partial charge on any atom is 0.262 e. The van der Waals surface area contributed by atoms with Crippen LogP contribution in [0.3, 0.4) is 0 Å². The second-order valence-electron chi connectivity index (χ2n) is 4.90. The third kappa shape index (κ3) is 2.13. The van der Waals surface area contributed by atoms with E-state index in [1.165, 1.54) is 25.3 Å². The Balaban J connectivity index is 1.93. The molecule has 1 saturated heterocycles. The van der Waals surface area contributed by atoms with Crippen LogP contribution in [-0.4, -0.2) is 41.7 Å². The Bertz CT molecular complexity index is 699. The van der Waals surface area contributed by atoms with Gasteiger partial charge in [-0.25, -0.2) is 0 Å². The van der Waals surface area contributed by atoms with Crippen LogP contribution in [0.5, 0.6) is 5.75 Å². The summed E-state index contributed by atoms with van der Waals surface area (Å²) in [5.74, 6) is -1.92. The van der Waals surface area contributed by atoms with Crippen LogP contribution in [0.4, 0.5) is 0 Å². The molecular formula is C14H12N2O6. The molecule has 1 atom stereocenters. The Morgan fingerprint density at radius 2 is 1.86 bits per heavy atom. The van der Waals surface area contributed by atoms with Crippen molar-refractivity contribution in [3.05, 3.63) is 29.3 Å². The quantitative estimate of drug-likeness (QED) is 0.480. The minimum Gasteiger partial charge on any atom is -0.338 e. The van der Waals surface area contributed by atoms with E-state index in [0.717, 1.165) is 4.90 Å². The Morgan fingerprint density at radius 3 is 2.55 bits per heavy atom. The molecule has 8 nitrogen and oxygen atoms in total. The van der Waals surface area contributed by atoms with Gasteiger partial charge < -0.3 is 4.89 Å². The molecule has 1 aromatic carbocycles. The van der Waals surface area contributed by atoms with E-state index in [2.05, 4.69) is 10.2 Å². The first-order valence-corrected chi connectivity index (χ1v) is 6.59. The number of fused-ring (bicyclic) bond motifs is 1. The Hall–Kier alpha value is -2.74. The normalized spacial score (nSPS) is 21.0. The SMILES string of the molecule is COOc1ccc2c(c1)C(=O)N(C1CCC(=O)NC1=O)C2=O. The van der Waals surface area contributed by atoms with Gasteiger partial charge in [0.05, 0.1) is 18.2 Å². The molecule has 2 aliphatic heterocycles. The van der Waals surface area contributed by atoms with E-state index in [9.17, 15) is 19.2 Å². The largest absolute Gasteiger partial charge is 0.338 e. The van der Waals surface area contributed by atoms with Crippen molar-refractivity contribution >= 4 is 23.6 Å². The fourth-order valence-corrected chi connectivity index (χ4v) is 2.60. The molecule has 0 radical (unpaired) electrons. The number of hydrogen-bond acceptors (Lipinski definition) is 6. The van der Waals surface area contributed by atoms with E-state index < -0.39 is 29.7 Å². The zero-order valence-electron chi connectivity index (χ0n) is 11.6. The van der Waals surface area contributed by atoms with Crippen LogP contribution in [0.25, 0.3) is 0 Å². The van der Waals surface area contributed by atoms with Crippen molar-refractivity contribution < 1.29 is 29.0 Å². The molecule has 2 heterocycles. The van der Waals surface area contributed by atoms with Gasteiger partial charge in [0.25, 0.3) is 11.8 Å². The summed E-state index contributed by atoms with van der Waals surface area (Å²) in [6.45, 7) is 0. The first-order valence-electron chi connectivity index (χ1n) is 6.59. The average molecular weight is 304 g/mol. The van der Waals surface area contributed by atoms with Gasteiger partial charge in [0, 0.05) is 6.42 Å². The summed E-state index contributed by atoms with van der Waals surface area (Å²) >= 11 is 0. The van der Waals surface area contributed by atoms with E-state index in [1.54, 1.807) is 0 Å². The highest BCUT2D eigenvalue weighted by atomic mass is 17.2. The number of imide groups is 2. The van der Waals surface area contributed by atoms with Crippen LogP contribution in [0.2, 0.25) is 0 Å². The van der Waals surface area contributed by atoms with Crippen LogP contribution in [-0.2, 0) is 14.5 Å². The summed E-state index contributed by atoms with van der Waals surface area (Å²) in [7, 11) is 1.32. The van der Waals surface area contributed by atoms with E-state index in [0.29, 0.717) is 0 Å². The van der Waals surface area contributed by atoms with Crippen LogP contribution >= 0.6 is 0 Å². The number of nitrogens with zero attached hydrogens (tertiary/aromatic N) is 1. The van der Waals surface area contributed by atoms with Gasteiger partial charge in [0.2, 0.25) is 11.8 Å². The highest BCUT2D eigenvalue weighted by Crippen LogP contribution is 2.30. The maximum absolute atomic E-state index is 12.4. The fraction of sp³-hybridized carbons (Fsp3) is 0.286. The Labute approximate surface area is 124 Å². The van der Waals surface area contributed by atoms with Gasteiger partial charge >= 0.3 is 0 Å². The summed E-state index contributed by atoms with van der Waals surface area (Å²) < 4.78 is 0. The molecule has 4 amide bonds. The lowest BCUT2D eigenvalue weighted by Gasteiger charge is -2.27. The molecule has 8 heteroatoms. The van der Waals surface area contributed by atoms with Crippen molar-refractivity contribution in [2.45, 2.75) is 18.9 Å². The lowest BCUT2D eigenvalue weighted by Crippen LogP contribution is -2.54. The predicted octanol–water partition coefficient (Wildman–Crippen LogP) is 0.0280. The molecule has 1 fully saturated rings. The Kier molecular flexibility index (Phi) is 3.38. The van der Waals surface area contributed by atoms with Gasteiger partial charge in [-0.15, -0.1) is 0 Å². The number of benzene rings is 1. The van der Waals surface area contributed by atoms with E-state index in [-0.39, 0.29) is 29.7 Å². The first kappa shape index (κ1) is 14.2. The van der Waals surface area contributed by atoms with Gasteiger partial charge in [-0.2, -0.15) is 4.89 Å². The van der Waals surface area contributed by atoms with Crippen molar-refractivity contribution in [3.63, 3.8) is 0 Å². The fourth-order valence-electron chi connectivity index (χ4n) is 2.60. The monoisotopic (exact) mass is 304 g/mol. The zero-order valence-corrected chi connectivity index (χ0v) is 11.6. The van der Waals surface area contributed by atoms with Crippen molar-refractivity contribution in [1.82, 2.24) is 10.2 Å². The summed E-state index contributed by atoms with van der Waals surface area (Å²) in [6, 6.07) is 3.33. The van der Waals surface area contributed by atoms with Gasteiger partial charge in [-0.3, -0.25) is 29.4 Å².